The first-order valence-corrected chi connectivity index (χ1v) is 12.2. The van der Waals surface area contributed by atoms with Crippen LogP contribution in [0.15, 0.2) is 24.2 Å². The van der Waals surface area contributed by atoms with Crippen molar-refractivity contribution in [2.24, 2.45) is 0 Å². The van der Waals surface area contributed by atoms with Gasteiger partial charge >= 0.3 is 0 Å². The average molecular weight is 463 g/mol. The van der Waals surface area contributed by atoms with Crippen molar-refractivity contribution in [3.05, 3.63) is 35.6 Å². The van der Waals surface area contributed by atoms with E-state index in [1.807, 2.05) is 4.90 Å². The zero-order valence-electron chi connectivity index (χ0n) is 19.9. The van der Waals surface area contributed by atoms with E-state index < -0.39 is 8.53 Å². The van der Waals surface area contributed by atoms with Crippen molar-refractivity contribution < 1.29 is 18.6 Å². The summed E-state index contributed by atoms with van der Waals surface area (Å²) < 4.78 is 21.1. The molecule has 0 spiro atoms. The van der Waals surface area contributed by atoms with E-state index in [2.05, 4.69) is 67.9 Å². The molecule has 4 atom stereocenters. The number of nitrogens with zero attached hydrogens (tertiary/aromatic N) is 3. The van der Waals surface area contributed by atoms with E-state index in [0.717, 1.165) is 6.42 Å². The summed E-state index contributed by atoms with van der Waals surface area (Å²) in [6, 6.07) is 0.449. The van der Waals surface area contributed by atoms with Gasteiger partial charge in [-0.05, 0) is 41.0 Å². The third-order valence-corrected chi connectivity index (χ3v) is 7.27. The van der Waals surface area contributed by atoms with Crippen LogP contribution < -0.4 is 5.32 Å². The summed E-state index contributed by atoms with van der Waals surface area (Å²) in [5.41, 5.74) is 0.372. The van der Waals surface area contributed by atoms with Gasteiger partial charge in [-0.2, -0.15) is 0 Å². The van der Waals surface area contributed by atoms with Gasteiger partial charge in [0.25, 0.3) is 14.4 Å². The van der Waals surface area contributed by atoms with Gasteiger partial charge in [-0.1, -0.05) is 19.4 Å². The predicted octanol–water partition coefficient (Wildman–Crippen LogP) is 3.99. The standard InChI is InChI=1S/C23H35N4O4P/c1-9-11-19-15-26(18(7)25-23(19)28)22-14-21(20(10-2)30-22)31-32(29-13-12-24-8)27(16(3)4)17(5)6/h15-17,20-22H,7,10,12-14H2,1-6H3,(H,25,28). The second kappa shape index (κ2) is 12.3. The number of carbonyl (C=O) groups excluding carboxylic acids is 1. The highest BCUT2D eigenvalue weighted by Crippen LogP contribution is 2.49. The molecule has 2 rings (SSSR count). The fourth-order valence-corrected chi connectivity index (χ4v) is 5.52. The molecule has 1 saturated heterocycles. The largest absolute Gasteiger partial charge is 0.352 e. The molecular weight excluding hydrogens is 427 g/mol. The van der Waals surface area contributed by atoms with E-state index in [0.29, 0.717) is 31.0 Å². The Morgan fingerprint density at radius 1 is 1.44 bits per heavy atom. The summed E-state index contributed by atoms with van der Waals surface area (Å²) in [6.07, 6.45) is 2.40. The van der Waals surface area contributed by atoms with Crippen molar-refractivity contribution in [3.63, 3.8) is 0 Å². The molecule has 0 aromatic rings. The molecule has 9 heteroatoms. The van der Waals surface area contributed by atoms with Crippen LogP contribution in [0.5, 0.6) is 0 Å². The van der Waals surface area contributed by atoms with Gasteiger partial charge in [-0.15, -0.1) is 5.92 Å². The van der Waals surface area contributed by atoms with Crippen molar-refractivity contribution in [2.45, 2.75) is 84.9 Å². The Kier molecular flexibility index (Phi) is 10.2. The van der Waals surface area contributed by atoms with E-state index in [1.54, 1.807) is 13.1 Å². The van der Waals surface area contributed by atoms with E-state index in [-0.39, 0.29) is 36.4 Å². The lowest BCUT2D eigenvalue weighted by Crippen LogP contribution is -2.42. The number of rotatable bonds is 10. The van der Waals surface area contributed by atoms with Crippen LogP contribution in [-0.4, -0.2) is 59.1 Å². The highest BCUT2D eigenvalue weighted by Gasteiger charge is 2.42. The fourth-order valence-electron chi connectivity index (χ4n) is 3.77. The molecule has 0 bridgehead atoms. The Labute approximate surface area is 193 Å². The molecule has 1 fully saturated rings. The first-order valence-electron chi connectivity index (χ1n) is 11.0. The molecule has 2 heterocycles. The maximum Gasteiger partial charge on any atom is 0.266 e. The lowest BCUT2D eigenvalue weighted by molar-refractivity contribution is -0.118. The first-order chi connectivity index (χ1) is 15.2. The maximum atomic E-state index is 12.1. The van der Waals surface area contributed by atoms with Gasteiger partial charge in [0.05, 0.1) is 12.2 Å². The SMILES string of the molecule is [C-]#[N+]CCOP(OC1CC(N2C=C(C#CC)C(=O)NC2=C)OC1CC)N(C(C)C)C(C)C. The molecule has 2 aliphatic heterocycles. The minimum absolute atomic E-state index is 0.129. The van der Waals surface area contributed by atoms with Crippen LogP contribution in [0.4, 0.5) is 0 Å². The third kappa shape index (κ3) is 6.54. The number of nitrogens with one attached hydrogen (secondary N) is 1. The van der Waals surface area contributed by atoms with E-state index in [4.69, 9.17) is 20.4 Å². The van der Waals surface area contributed by atoms with Crippen LogP contribution in [0.1, 0.15) is 54.4 Å². The van der Waals surface area contributed by atoms with Gasteiger partial charge in [0.15, 0.2) is 0 Å². The average Bonchev–Trinajstić information content (AvgIpc) is 3.12. The summed E-state index contributed by atoms with van der Waals surface area (Å²) in [6.45, 7) is 23.9. The minimum atomic E-state index is -1.37. The van der Waals surface area contributed by atoms with Gasteiger partial charge in [-0.3, -0.25) is 4.79 Å². The van der Waals surface area contributed by atoms with Gasteiger partial charge in [0, 0.05) is 24.7 Å². The summed E-state index contributed by atoms with van der Waals surface area (Å²) in [5, 5.41) is 2.76. The summed E-state index contributed by atoms with van der Waals surface area (Å²) in [4.78, 5) is 17.4. The summed E-state index contributed by atoms with van der Waals surface area (Å²) >= 11 is 0. The molecule has 1 N–H and O–H groups in total. The molecule has 0 radical (unpaired) electrons. The highest BCUT2D eigenvalue weighted by molar-refractivity contribution is 7.44. The lowest BCUT2D eigenvalue weighted by Gasteiger charge is -2.37. The van der Waals surface area contributed by atoms with Crippen molar-refractivity contribution in [2.75, 3.05) is 13.2 Å². The monoisotopic (exact) mass is 462 g/mol. The Balaban J connectivity index is 2.22. The smallest absolute Gasteiger partial charge is 0.266 e. The fraction of sp³-hybridized carbons (Fsp3) is 0.652. The molecule has 0 saturated carbocycles. The van der Waals surface area contributed by atoms with Crippen LogP contribution in [0.3, 0.4) is 0 Å². The topological polar surface area (TPSA) is 67.6 Å². The molecule has 1 amide bonds. The van der Waals surface area contributed by atoms with Crippen molar-refractivity contribution in [3.8, 4) is 11.8 Å². The second-order valence-electron chi connectivity index (χ2n) is 8.16. The number of amides is 1. The zero-order chi connectivity index (χ0) is 23.8. The van der Waals surface area contributed by atoms with Gasteiger partial charge in [0.2, 0.25) is 6.54 Å². The van der Waals surface area contributed by atoms with Crippen LogP contribution in [0.25, 0.3) is 4.85 Å². The van der Waals surface area contributed by atoms with Crippen LogP contribution in [0, 0.1) is 18.4 Å². The number of hydrogen-bond acceptors (Lipinski definition) is 6. The summed E-state index contributed by atoms with van der Waals surface area (Å²) in [5.74, 6) is 5.79. The Morgan fingerprint density at radius 2 is 2.12 bits per heavy atom. The van der Waals surface area contributed by atoms with E-state index in [9.17, 15) is 4.79 Å². The molecule has 0 aromatic carbocycles. The zero-order valence-corrected chi connectivity index (χ0v) is 20.8. The van der Waals surface area contributed by atoms with Gasteiger partial charge in [-0.25, -0.2) is 11.2 Å². The maximum absolute atomic E-state index is 12.1. The Hall–Kier alpha value is -1.93. The molecule has 2 aliphatic rings. The van der Waals surface area contributed by atoms with Crippen LogP contribution in [-0.2, 0) is 18.6 Å². The third-order valence-electron chi connectivity index (χ3n) is 5.11. The molecule has 0 aliphatic carbocycles. The van der Waals surface area contributed by atoms with Crippen molar-refractivity contribution in [1.82, 2.24) is 14.9 Å². The van der Waals surface area contributed by atoms with E-state index in [1.165, 1.54) is 0 Å². The molecule has 176 valence electrons. The van der Waals surface area contributed by atoms with E-state index >= 15 is 0 Å². The number of ether oxygens (including phenoxy) is 1. The minimum Gasteiger partial charge on any atom is -0.352 e. The molecule has 8 nitrogen and oxygen atoms in total. The molecule has 32 heavy (non-hydrogen) atoms. The molecule has 4 unspecified atom stereocenters. The van der Waals surface area contributed by atoms with Gasteiger partial charge < -0.3 is 28.8 Å². The van der Waals surface area contributed by atoms with Crippen LogP contribution >= 0.6 is 8.53 Å². The van der Waals surface area contributed by atoms with Crippen LogP contribution in [0.2, 0.25) is 0 Å². The predicted molar refractivity (Wildman–Crippen MR) is 126 cm³/mol. The Bertz CT molecular complexity index is 803. The van der Waals surface area contributed by atoms with Crippen molar-refractivity contribution >= 4 is 14.4 Å². The van der Waals surface area contributed by atoms with Gasteiger partial charge in [0.1, 0.15) is 24.2 Å². The normalized spacial score (nSPS) is 24.3. The quantitative estimate of drug-likeness (QED) is 0.229. The molecule has 0 aromatic heterocycles. The Morgan fingerprint density at radius 3 is 2.69 bits per heavy atom. The number of carbonyl (C=O) groups is 1. The van der Waals surface area contributed by atoms with Crippen molar-refractivity contribution in [1.29, 1.82) is 0 Å². The highest BCUT2D eigenvalue weighted by atomic mass is 31.2. The molecular formula is C23H35N4O4P. The second-order valence-corrected chi connectivity index (χ2v) is 9.57. The lowest BCUT2D eigenvalue weighted by atomic mass is 10.1. The number of hydrogen-bond donors (Lipinski definition) is 1. The first kappa shape index (κ1) is 26.3. The summed E-state index contributed by atoms with van der Waals surface area (Å²) in [7, 11) is -1.37.